The lowest BCUT2D eigenvalue weighted by Crippen LogP contribution is -2.41. The lowest BCUT2D eigenvalue weighted by Gasteiger charge is -2.32. The molecule has 0 aromatic rings. The maximum atomic E-state index is 5.76. The monoisotopic (exact) mass is 201 g/mol. The Morgan fingerprint density at radius 3 is 2.43 bits per heavy atom. The maximum Gasteiger partial charge on any atom is 0.130 e. The Kier molecular flexibility index (Phi) is 6.00. The summed E-state index contributed by atoms with van der Waals surface area (Å²) in [5.74, 6) is 0.424. The molecule has 0 aromatic carbocycles. The molecule has 0 aliphatic carbocycles. The van der Waals surface area contributed by atoms with E-state index in [4.69, 9.17) is 15.2 Å². The minimum absolute atomic E-state index is 0.211. The van der Waals surface area contributed by atoms with E-state index in [0.29, 0.717) is 19.1 Å². The number of rotatable bonds is 7. The number of nitrogens with two attached hydrogens (primary N) is 1. The third-order valence-corrected chi connectivity index (χ3v) is 2.36. The van der Waals surface area contributed by atoms with Gasteiger partial charge in [-0.2, -0.15) is 0 Å². The first-order valence-electron chi connectivity index (χ1n) is 5.02. The Balaban J connectivity index is 3.80. The van der Waals surface area contributed by atoms with Gasteiger partial charge in [0.15, 0.2) is 0 Å². The predicted molar refractivity (Wildman–Crippen MR) is 59.0 cm³/mol. The van der Waals surface area contributed by atoms with Gasteiger partial charge in [-0.3, -0.25) is 0 Å². The van der Waals surface area contributed by atoms with E-state index >= 15 is 0 Å². The molecule has 0 aliphatic rings. The summed E-state index contributed by atoms with van der Waals surface area (Å²) in [6, 6.07) is 0. The average molecular weight is 201 g/mol. The second-order valence-corrected chi connectivity index (χ2v) is 4.24. The SMILES string of the molecule is C=CCOCC(N)OC(C)(C)C(C)C. The second-order valence-electron chi connectivity index (χ2n) is 4.24. The van der Waals surface area contributed by atoms with Crippen molar-refractivity contribution in [3.05, 3.63) is 12.7 Å². The van der Waals surface area contributed by atoms with Crippen LogP contribution in [-0.4, -0.2) is 25.0 Å². The van der Waals surface area contributed by atoms with Crippen LogP contribution in [0.3, 0.4) is 0 Å². The number of ether oxygens (including phenoxy) is 2. The Hall–Kier alpha value is -0.380. The van der Waals surface area contributed by atoms with E-state index in [2.05, 4.69) is 20.4 Å². The third-order valence-electron chi connectivity index (χ3n) is 2.36. The first kappa shape index (κ1) is 13.6. The molecule has 0 fully saturated rings. The first-order valence-corrected chi connectivity index (χ1v) is 5.02. The van der Waals surface area contributed by atoms with E-state index in [0.717, 1.165) is 0 Å². The summed E-state index contributed by atoms with van der Waals surface area (Å²) in [4.78, 5) is 0. The first-order chi connectivity index (χ1) is 6.40. The largest absolute Gasteiger partial charge is 0.373 e. The normalized spacial score (nSPS) is 14.4. The van der Waals surface area contributed by atoms with Crippen LogP contribution in [0.5, 0.6) is 0 Å². The lowest BCUT2D eigenvalue weighted by atomic mass is 9.95. The fraction of sp³-hybridized carbons (Fsp3) is 0.818. The van der Waals surface area contributed by atoms with Gasteiger partial charge in [0.1, 0.15) is 6.23 Å². The van der Waals surface area contributed by atoms with Crippen LogP contribution in [-0.2, 0) is 9.47 Å². The summed E-state index contributed by atoms with van der Waals surface area (Å²) in [5, 5.41) is 0. The van der Waals surface area contributed by atoms with Crippen molar-refractivity contribution in [1.82, 2.24) is 0 Å². The van der Waals surface area contributed by atoms with Crippen LogP contribution in [0.4, 0.5) is 0 Å². The van der Waals surface area contributed by atoms with Gasteiger partial charge in [0, 0.05) is 0 Å². The van der Waals surface area contributed by atoms with Crippen LogP contribution in [0, 0.1) is 5.92 Å². The molecule has 0 saturated carbocycles. The molecule has 0 aliphatic heterocycles. The van der Waals surface area contributed by atoms with Crippen LogP contribution in [0.25, 0.3) is 0 Å². The van der Waals surface area contributed by atoms with Crippen LogP contribution < -0.4 is 5.73 Å². The number of hydrogen-bond donors (Lipinski definition) is 1. The van der Waals surface area contributed by atoms with Crippen LogP contribution in [0.2, 0.25) is 0 Å². The van der Waals surface area contributed by atoms with Crippen molar-refractivity contribution in [2.45, 2.75) is 39.5 Å². The standard InChI is InChI=1S/C11H23NO2/c1-6-7-13-8-10(12)14-11(4,5)9(2)3/h6,9-10H,1,7-8,12H2,2-5H3. The van der Waals surface area contributed by atoms with E-state index in [1.807, 2.05) is 13.8 Å². The molecule has 0 heterocycles. The van der Waals surface area contributed by atoms with E-state index in [1.54, 1.807) is 6.08 Å². The highest BCUT2D eigenvalue weighted by atomic mass is 16.6. The molecule has 84 valence electrons. The Bertz CT molecular complexity index is 167. The van der Waals surface area contributed by atoms with Crippen molar-refractivity contribution < 1.29 is 9.47 Å². The summed E-state index contributed by atoms with van der Waals surface area (Å²) in [7, 11) is 0. The van der Waals surface area contributed by atoms with E-state index in [9.17, 15) is 0 Å². The van der Waals surface area contributed by atoms with Crippen LogP contribution in [0.1, 0.15) is 27.7 Å². The molecule has 3 heteroatoms. The lowest BCUT2D eigenvalue weighted by molar-refractivity contribution is -0.117. The van der Waals surface area contributed by atoms with E-state index < -0.39 is 0 Å². The van der Waals surface area contributed by atoms with Gasteiger partial charge in [0.2, 0.25) is 0 Å². The molecule has 0 rings (SSSR count). The Morgan fingerprint density at radius 2 is 2.00 bits per heavy atom. The van der Waals surface area contributed by atoms with E-state index in [-0.39, 0.29) is 11.8 Å². The molecule has 1 atom stereocenters. The van der Waals surface area contributed by atoms with Crippen LogP contribution >= 0.6 is 0 Å². The highest BCUT2D eigenvalue weighted by molar-refractivity contribution is 4.74. The van der Waals surface area contributed by atoms with Crippen molar-refractivity contribution in [2.75, 3.05) is 13.2 Å². The second kappa shape index (κ2) is 6.17. The predicted octanol–water partition coefficient (Wildman–Crippen LogP) is 1.92. The summed E-state index contributed by atoms with van der Waals surface area (Å²) in [6.45, 7) is 12.8. The quantitative estimate of drug-likeness (QED) is 0.389. The van der Waals surface area contributed by atoms with Crippen molar-refractivity contribution in [2.24, 2.45) is 11.7 Å². The molecule has 0 radical (unpaired) electrons. The molecule has 0 spiro atoms. The zero-order valence-electron chi connectivity index (χ0n) is 9.75. The van der Waals surface area contributed by atoms with Gasteiger partial charge in [-0.05, 0) is 19.8 Å². The summed E-state index contributed by atoms with van der Waals surface area (Å²) < 4.78 is 10.9. The molecule has 14 heavy (non-hydrogen) atoms. The molecule has 0 amide bonds. The highest BCUT2D eigenvalue weighted by Gasteiger charge is 2.25. The van der Waals surface area contributed by atoms with Gasteiger partial charge in [0.25, 0.3) is 0 Å². The minimum atomic E-state index is -0.368. The average Bonchev–Trinajstić information content (AvgIpc) is 2.03. The fourth-order valence-corrected chi connectivity index (χ4v) is 0.828. The third kappa shape index (κ3) is 5.37. The Labute approximate surface area is 87.3 Å². The minimum Gasteiger partial charge on any atom is -0.373 e. The molecular weight excluding hydrogens is 178 g/mol. The van der Waals surface area contributed by atoms with Gasteiger partial charge >= 0.3 is 0 Å². The van der Waals surface area contributed by atoms with Gasteiger partial charge in [-0.15, -0.1) is 6.58 Å². The van der Waals surface area contributed by atoms with Crippen molar-refractivity contribution in [3.8, 4) is 0 Å². The van der Waals surface area contributed by atoms with E-state index in [1.165, 1.54) is 0 Å². The van der Waals surface area contributed by atoms with Crippen molar-refractivity contribution in [3.63, 3.8) is 0 Å². The van der Waals surface area contributed by atoms with Crippen LogP contribution in [0.15, 0.2) is 12.7 Å². The molecule has 1 unspecified atom stereocenters. The highest BCUT2D eigenvalue weighted by Crippen LogP contribution is 2.21. The topological polar surface area (TPSA) is 44.5 Å². The van der Waals surface area contributed by atoms with Gasteiger partial charge in [-0.1, -0.05) is 19.9 Å². The zero-order valence-corrected chi connectivity index (χ0v) is 9.75. The molecule has 0 aromatic heterocycles. The van der Waals surface area contributed by atoms with Gasteiger partial charge in [0.05, 0.1) is 18.8 Å². The molecule has 0 saturated heterocycles. The van der Waals surface area contributed by atoms with Crippen molar-refractivity contribution in [1.29, 1.82) is 0 Å². The maximum absolute atomic E-state index is 5.76. The zero-order chi connectivity index (χ0) is 11.2. The molecular formula is C11H23NO2. The molecule has 3 nitrogen and oxygen atoms in total. The number of hydrogen-bond acceptors (Lipinski definition) is 3. The van der Waals surface area contributed by atoms with Crippen molar-refractivity contribution >= 4 is 0 Å². The molecule has 0 bridgehead atoms. The Morgan fingerprint density at radius 1 is 1.43 bits per heavy atom. The van der Waals surface area contributed by atoms with Gasteiger partial charge < -0.3 is 15.2 Å². The summed E-state index contributed by atoms with van der Waals surface area (Å²) >= 11 is 0. The fourth-order valence-electron chi connectivity index (χ4n) is 0.828. The summed E-state index contributed by atoms with van der Waals surface area (Å²) in [6.07, 6.45) is 1.33. The summed E-state index contributed by atoms with van der Waals surface area (Å²) in [5.41, 5.74) is 5.55. The van der Waals surface area contributed by atoms with Gasteiger partial charge in [-0.25, -0.2) is 0 Å². The smallest absolute Gasteiger partial charge is 0.130 e. The molecule has 2 N–H and O–H groups in total.